The van der Waals surface area contributed by atoms with Crippen LogP contribution in [0.25, 0.3) is 0 Å². The summed E-state index contributed by atoms with van der Waals surface area (Å²) in [7, 11) is -2.20. The van der Waals surface area contributed by atoms with Crippen molar-refractivity contribution in [3.63, 3.8) is 0 Å². The summed E-state index contributed by atoms with van der Waals surface area (Å²) in [6, 6.07) is 0.775. The third kappa shape index (κ3) is 3.06. The molecule has 1 aromatic heterocycles. The number of nitrogens with zero attached hydrogens (tertiary/aromatic N) is 1. The van der Waals surface area contributed by atoms with Gasteiger partial charge in [-0.1, -0.05) is 11.6 Å². The fourth-order valence-corrected chi connectivity index (χ4v) is 4.67. The van der Waals surface area contributed by atoms with E-state index in [4.69, 9.17) is 16.3 Å². The zero-order valence-corrected chi connectivity index (χ0v) is 12.2. The molecule has 0 aliphatic heterocycles. The van der Waals surface area contributed by atoms with Gasteiger partial charge in [0.2, 0.25) is 0 Å². The number of sulfonamides is 1. The first-order chi connectivity index (χ1) is 8.83. The topological polar surface area (TPSA) is 98.5 Å². The predicted octanol–water partition coefficient (Wildman–Crippen LogP) is 1.77. The second-order valence-electron chi connectivity index (χ2n) is 4.13. The molecule has 1 heterocycles. The van der Waals surface area contributed by atoms with Crippen LogP contribution in [0, 0.1) is 10.1 Å². The van der Waals surface area contributed by atoms with Gasteiger partial charge in [0.25, 0.3) is 15.7 Å². The molecule has 7 nitrogen and oxygen atoms in total. The monoisotopic (exact) mass is 326 g/mol. The summed E-state index contributed by atoms with van der Waals surface area (Å²) in [5.74, 6) is 0. The molecule has 0 spiro atoms. The van der Waals surface area contributed by atoms with Gasteiger partial charge in [0.05, 0.1) is 11.0 Å². The molecule has 1 N–H and O–H groups in total. The highest BCUT2D eigenvalue weighted by molar-refractivity contribution is 7.91. The van der Waals surface area contributed by atoms with Gasteiger partial charge in [-0.3, -0.25) is 10.1 Å². The quantitative estimate of drug-likeness (QED) is 0.656. The molecule has 1 aliphatic carbocycles. The Morgan fingerprint density at radius 2 is 2.21 bits per heavy atom. The van der Waals surface area contributed by atoms with Crippen molar-refractivity contribution in [2.24, 2.45) is 0 Å². The van der Waals surface area contributed by atoms with Gasteiger partial charge in [-0.2, -0.15) is 0 Å². The Morgan fingerprint density at radius 3 is 2.68 bits per heavy atom. The fourth-order valence-electron chi connectivity index (χ4n) is 1.73. The number of thiophene rings is 1. The van der Waals surface area contributed by atoms with Crippen LogP contribution in [0.3, 0.4) is 0 Å². The average molecular weight is 327 g/mol. The third-order valence-electron chi connectivity index (χ3n) is 2.86. The molecule has 1 aromatic rings. The van der Waals surface area contributed by atoms with E-state index in [1.54, 1.807) is 7.11 Å². The number of methoxy groups -OCH3 is 1. The van der Waals surface area contributed by atoms with Gasteiger partial charge in [-0.05, 0) is 12.8 Å². The number of hydrogen-bond acceptors (Lipinski definition) is 6. The smallest absolute Gasteiger partial charge is 0.300 e. The SMILES string of the molecule is COC1CC(NS(=O)(=O)c2cc([N+](=O)[O-])c(Cl)s2)C1. The molecule has 0 saturated heterocycles. The first kappa shape index (κ1) is 14.7. The molecule has 1 fully saturated rings. The van der Waals surface area contributed by atoms with Crippen molar-refractivity contribution >= 4 is 38.6 Å². The second-order valence-corrected chi connectivity index (χ2v) is 7.72. The Morgan fingerprint density at radius 1 is 1.58 bits per heavy atom. The van der Waals surface area contributed by atoms with Crippen LogP contribution in [0.15, 0.2) is 10.3 Å². The van der Waals surface area contributed by atoms with Crippen molar-refractivity contribution in [2.45, 2.75) is 29.2 Å². The number of rotatable bonds is 5. The number of ether oxygens (including phenoxy) is 1. The summed E-state index contributed by atoms with van der Waals surface area (Å²) in [5.41, 5.74) is -0.393. The van der Waals surface area contributed by atoms with Gasteiger partial charge in [0, 0.05) is 19.2 Å². The van der Waals surface area contributed by atoms with Crippen LogP contribution >= 0.6 is 22.9 Å². The van der Waals surface area contributed by atoms with Crippen LogP contribution in [0.4, 0.5) is 5.69 Å². The first-order valence-corrected chi connectivity index (χ1v) is 8.00. The first-order valence-electron chi connectivity index (χ1n) is 5.32. The van der Waals surface area contributed by atoms with Crippen LogP contribution in [0.5, 0.6) is 0 Å². The van der Waals surface area contributed by atoms with Gasteiger partial charge >= 0.3 is 0 Å². The lowest BCUT2D eigenvalue weighted by Crippen LogP contribution is -2.47. The Labute approximate surface area is 118 Å². The van der Waals surface area contributed by atoms with Gasteiger partial charge in [0.15, 0.2) is 4.34 Å². The molecule has 2 rings (SSSR count). The summed E-state index contributed by atoms with van der Waals surface area (Å²) in [6.45, 7) is 0. The summed E-state index contributed by atoms with van der Waals surface area (Å²) >= 11 is 6.32. The molecule has 0 amide bonds. The van der Waals surface area contributed by atoms with Crippen molar-refractivity contribution in [1.82, 2.24) is 4.72 Å². The van der Waals surface area contributed by atoms with Gasteiger partial charge < -0.3 is 4.74 Å². The molecule has 1 aliphatic rings. The summed E-state index contributed by atoms with van der Waals surface area (Å²) in [5, 5.41) is 10.6. The fraction of sp³-hybridized carbons (Fsp3) is 0.556. The van der Waals surface area contributed by atoms with Crippen LogP contribution in [0.1, 0.15) is 12.8 Å². The van der Waals surface area contributed by atoms with E-state index < -0.39 is 20.6 Å². The molecule has 0 unspecified atom stereocenters. The Hall–Kier alpha value is -0.740. The summed E-state index contributed by atoms with van der Waals surface area (Å²) < 4.78 is 31.2. The Kier molecular flexibility index (Phi) is 4.11. The molecule has 10 heteroatoms. The van der Waals surface area contributed by atoms with Crippen molar-refractivity contribution in [3.05, 3.63) is 20.5 Å². The highest BCUT2D eigenvalue weighted by atomic mass is 35.5. The van der Waals surface area contributed by atoms with E-state index in [0.29, 0.717) is 24.2 Å². The maximum absolute atomic E-state index is 12.0. The maximum Gasteiger partial charge on any atom is 0.300 e. The maximum atomic E-state index is 12.0. The van der Waals surface area contributed by atoms with Crippen molar-refractivity contribution in [3.8, 4) is 0 Å². The van der Waals surface area contributed by atoms with E-state index in [2.05, 4.69) is 4.72 Å². The molecule has 0 radical (unpaired) electrons. The lowest BCUT2D eigenvalue weighted by atomic mass is 9.90. The summed E-state index contributed by atoms with van der Waals surface area (Å²) in [6.07, 6.45) is 1.25. The normalized spacial score (nSPS) is 23.1. The van der Waals surface area contributed by atoms with Crippen LogP contribution < -0.4 is 4.72 Å². The highest BCUT2D eigenvalue weighted by Gasteiger charge is 2.34. The van der Waals surface area contributed by atoms with E-state index in [9.17, 15) is 18.5 Å². The lowest BCUT2D eigenvalue weighted by Gasteiger charge is -2.34. The van der Waals surface area contributed by atoms with Crippen LogP contribution in [-0.4, -0.2) is 32.6 Å². The molecule has 106 valence electrons. The number of hydrogen-bond donors (Lipinski definition) is 1. The molecule has 1 saturated carbocycles. The molecule has 0 aromatic carbocycles. The molecular weight excluding hydrogens is 316 g/mol. The summed E-state index contributed by atoms with van der Waals surface area (Å²) in [4.78, 5) is 9.92. The van der Waals surface area contributed by atoms with E-state index >= 15 is 0 Å². The molecule has 0 atom stereocenters. The van der Waals surface area contributed by atoms with E-state index in [0.717, 1.165) is 6.07 Å². The Balaban J connectivity index is 2.12. The molecule has 0 bridgehead atoms. The predicted molar refractivity (Wildman–Crippen MR) is 70.1 cm³/mol. The van der Waals surface area contributed by atoms with E-state index in [-0.39, 0.29) is 20.7 Å². The van der Waals surface area contributed by atoms with Crippen molar-refractivity contribution in [2.75, 3.05) is 7.11 Å². The van der Waals surface area contributed by atoms with Gasteiger partial charge in [0.1, 0.15) is 4.21 Å². The van der Waals surface area contributed by atoms with Gasteiger partial charge in [-0.15, -0.1) is 11.3 Å². The third-order valence-corrected chi connectivity index (χ3v) is 6.19. The van der Waals surface area contributed by atoms with Crippen LogP contribution in [0.2, 0.25) is 4.34 Å². The number of nitro groups is 1. The lowest BCUT2D eigenvalue weighted by molar-refractivity contribution is -0.384. The minimum absolute atomic E-state index is 0.0639. The number of halogens is 1. The van der Waals surface area contributed by atoms with E-state index in [1.807, 2.05) is 0 Å². The minimum Gasteiger partial charge on any atom is -0.381 e. The average Bonchev–Trinajstić information content (AvgIpc) is 2.66. The Bertz CT molecular complexity index is 594. The van der Waals surface area contributed by atoms with Crippen LogP contribution in [-0.2, 0) is 14.8 Å². The molecule has 19 heavy (non-hydrogen) atoms. The molecular formula is C9H11ClN2O5S2. The van der Waals surface area contributed by atoms with E-state index in [1.165, 1.54) is 0 Å². The van der Waals surface area contributed by atoms with Crippen molar-refractivity contribution in [1.29, 1.82) is 0 Å². The number of nitrogens with one attached hydrogen (secondary N) is 1. The van der Waals surface area contributed by atoms with Gasteiger partial charge in [-0.25, -0.2) is 13.1 Å². The zero-order valence-electron chi connectivity index (χ0n) is 9.83. The zero-order chi connectivity index (χ0) is 14.2. The second kappa shape index (κ2) is 5.33. The minimum atomic E-state index is -3.76. The standard InChI is InChI=1S/C9H11ClN2O5S2/c1-17-6-2-5(3-6)11-19(15,16)8-4-7(12(13)14)9(10)18-8/h4-6,11H,2-3H2,1H3. The van der Waals surface area contributed by atoms with Crippen molar-refractivity contribution < 1.29 is 18.1 Å². The largest absolute Gasteiger partial charge is 0.381 e. The highest BCUT2D eigenvalue weighted by Crippen LogP contribution is 2.36.